The maximum Gasteiger partial charge on any atom is 0.379 e. The molecule has 0 saturated carbocycles. The van der Waals surface area contributed by atoms with Gasteiger partial charge in [-0.15, -0.1) is 0 Å². The molecule has 0 aromatic heterocycles. The van der Waals surface area contributed by atoms with Crippen molar-refractivity contribution in [3.63, 3.8) is 0 Å². The van der Waals surface area contributed by atoms with Crippen LogP contribution in [0.1, 0.15) is 49.5 Å². The van der Waals surface area contributed by atoms with Crippen LogP contribution in [0.5, 0.6) is 0 Å². The Kier molecular flexibility index (Phi) is 6.43. The van der Waals surface area contributed by atoms with Crippen molar-refractivity contribution in [2.45, 2.75) is 40.0 Å². The summed E-state index contributed by atoms with van der Waals surface area (Å²) in [5.41, 5.74) is 1.92. The van der Waals surface area contributed by atoms with Gasteiger partial charge in [-0.1, -0.05) is 44.7 Å². The van der Waals surface area contributed by atoms with Crippen LogP contribution in [-0.2, 0) is 20.7 Å². The van der Waals surface area contributed by atoms with Gasteiger partial charge in [0.2, 0.25) is 0 Å². The van der Waals surface area contributed by atoms with Crippen molar-refractivity contribution in [3.8, 4) is 0 Å². The normalized spacial score (nSPS) is 11.0. The fourth-order valence-electron chi connectivity index (χ4n) is 2.29. The highest BCUT2D eigenvalue weighted by Crippen LogP contribution is 2.28. The van der Waals surface area contributed by atoms with Crippen molar-refractivity contribution >= 4 is 17.5 Å². The Bertz CT molecular complexity index is 609. The highest BCUT2D eigenvalue weighted by molar-refractivity contribution is 6.40. The fourth-order valence-corrected chi connectivity index (χ4v) is 2.29. The van der Waals surface area contributed by atoms with Gasteiger partial charge in [-0.2, -0.15) is 0 Å². The van der Waals surface area contributed by atoms with Crippen molar-refractivity contribution < 1.29 is 19.1 Å². The van der Waals surface area contributed by atoms with Crippen LogP contribution < -0.4 is 0 Å². The van der Waals surface area contributed by atoms with E-state index in [0.717, 1.165) is 18.4 Å². The monoisotopic (exact) mass is 316 g/mol. The van der Waals surface area contributed by atoms with Crippen LogP contribution >= 0.6 is 0 Å². The number of benzene rings is 1. The zero-order valence-electron chi connectivity index (χ0n) is 14.3. The van der Waals surface area contributed by atoms with Crippen LogP contribution in [0.2, 0.25) is 0 Å². The molecule has 23 heavy (non-hydrogen) atoms. The molecular formula is C19H24O4. The van der Waals surface area contributed by atoms with Gasteiger partial charge in [-0.05, 0) is 36.3 Å². The van der Waals surface area contributed by atoms with E-state index in [9.17, 15) is 14.4 Å². The number of hydrogen-bond acceptors (Lipinski definition) is 4. The minimum absolute atomic E-state index is 0.0427. The molecule has 4 nitrogen and oxygen atoms in total. The third-order valence-corrected chi connectivity index (χ3v) is 3.77. The lowest BCUT2D eigenvalue weighted by atomic mass is 9.80. The van der Waals surface area contributed by atoms with Crippen molar-refractivity contribution in [1.82, 2.24) is 0 Å². The topological polar surface area (TPSA) is 60.4 Å². The van der Waals surface area contributed by atoms with E-state index < -0.39 is 11.8 Å². The molecule has 0 unspecified atom stereocenters. The Morgan fingerprint density at radius 3 is 2.17 bits per heavy atom. The zero-order chi connectivity index (χ0) is 17.6. The Hall–Kier alpha value is -2.23. The summed E-state index contributed by atoms with van der Waals surface area (Å²) < 4.78 is 4.42. The number of carbonyl (C=O) groups excluding carboxylic acids is 3. The summed E-state index contributed by atoms with van der Waals surface area (Å²) in [7, 11) is 1.18. The third kappa shape index (κ3) is 5.81. The molecule has 124 valence electrons. The van der Waals surface area contributed by atoms with Gasteiger partial charge in [0.1, 0.15) is 0 Å². The SMILES string of the molecule is C=C(C)C(=O)CCC(C)(C)Cc1ccc(C(=O)C(=O)OC)cc1. The highest BCUT2D eigenvalue weighted by Gasteiger charge is 2.21. The Balaban J connectivity index is 2.70. The van der Waals surface area contributed by atoms with Gasteiger partial charge in [0.05, 0.1) is 7.11 Å². The zero-order valence-corrected chi connectivity index (χ0v) is 14.3. The van der Waals surface area contributed by atoms with Crippen molar-refractivity contribution in [2.24, 2.45) is 5.41 Å². The summed E-state index contributed by atoms with van der Waals surface area (Å²) >= 11 is 0. The predicted molar refractivity (Wildman–Crippen MR) is 89.3 cm³/mol. The second-order valence-corrected chi connectivity index (χ2v) is 6.56. The van der Waals surface area contributed by atoms with E-state index in [0.29, 0.717) is 17.6 Å². The second kappa shape index (κ2) is 7.86. The van der Waals surface area contributed by atoms with Crippen molar-refractivity contribution in [3.05, 3.63) is 47.5 Å². The van der Waals surface area contributed by atoms with Crippen molar-refractivity contribution in [2.75, 3.05) is 7.11 Å². The van der Waals surface area contributed by atoms with Gasteiger partial charge in [0, 0.05) is 12.0 Å². The van der Waals surface area contributed by atoms with Crippen molar-refractivity contribution in [1.29, 1.82) is 0 Å². The molecule has 0 atom stereocenters. The smallest absolute Gasteiger partial charge is 0.379 e. The van der Waals surface area contributed by atoms with Gasteiger partial charge >= 0.3 is 5.97 Å². The van der Waals surface area contributed by atoms with E-state index in [1.807, 2.05) is 12.1 Å². The summed E-state index contributed by atoms with van der Waals surface area (Å²) in [6.07, 6.45) is 2.03. The van der Waals surface area contributed by atoms with Crippen LogP contribution in [0.15, 0.2) is 36.4 Å². The van der Waals surface area contributed by atoms with E-state index in [4.69, 9.17) is 0 Å². The molecule has 0 heterocycles. The first-order valence-corrected chi connectivity index (χ1v) is 7.56. The first kappa shape index (κ1) is 18.8. The lowest BCUT2D eigenvalue weighted by Gasteiger charge is -2.24. The first-order valence-electron chi connectivity index (χ1n) is 7.56. The molecule has 0 saturated heterocycles. The number of rotatable bonds is 8. The summed E-state index contributed by atoms with van der Waals surface area (Å²) in [5, 5.41) is 0. The fraction of sp³-hybridized carbons (Fsp3) is 0.421. The first-order chi connectivity index (χ1) is 10.7. The Morgan fingerprint density at radius 2 is 1.70 bits per heavy atom. The third-order valence-electron chi connectivity index (χ3n) is 3.77. The summed E-state index contributed by atoms with van der Waals surface area (Å²) in [5.74, 6) is -1.42. The quantitative estimate of drug-likeness (QED) is 0.318. The molecule has 0 spiro atoms. The number of esters is 1. The molecule has 1 aromatic carbocycles. The van der Waals surface area contributed by atoms with E-state index in [1.54, 1.807) is 19.1 Å². The van der Waals surface area contributed by atoms with Crippen LogP contribution in [-0.4, -0.2) is 24.6 Å². The van der Waals surface area contributed by atoms with Gasteiger partial charge in [-0.3, -0.25) is 9.59 Å². The summed E-state index contributed by atoms with van der Waals surface area (Å²) in [6, 6.07) is 6.92. The molecule has 0 N–H and O–H groups in total. The molecule has 0 aliphatic heterocycles. The Labute approximate surface area is 137 Å². The number of Topliss-reactive ketones (excluding diaryl/α,β-unsaturated/α-hetero) is 2. The lowest BCUT2D eigenvalue weighted by Crippen LogP contribution is -2.18. The van der Waals surface area contributed by atoms with Gasteiger partial charge < -0.3 is 4.74 Å². The number of hydrogen-bond donors (Lipinski definition) is 0. The number of ketones is 2. The molecule has 0 aliphatic rings. The number of carbonyl (C=O) groups is 3. The molecule has 0 fully saturated rings. The molecule has 0 aliphatic carbocycles. The standard InChI is InChI=1S/C19H24O4/c1-13(2)16(20)10-11-19(3,4)12-14-6-8-15(9-7-14)17(21)18(22)23-5/h6-9H,1,10-12H2,2-5H3. The second-order valence-electron chi connectivity index (χ2n) is 6.56. The van der Waals surface area contributed by atoms with Crippen LogP contribution in [0.3, 0.4) is 0 Å². The van der Waals surface area contributed by atoms with Gasteiger partial charge in [-0.25, -0.2) is 4.79 Å². The number of methoxy groups -OCH3 is 1. The summed E-state index contributed by atoms with van der Waals surface area (Å²) in [6.45, 7) is 9.60. The minimum Gasteiger partial charge on any atom is -0.463 e. The maximum atomic E-state index is 11.7. The lowest BCUT2D eigenvalue weighted by molar-refractivity contribution is -0.135. The Morgan fingerprint density at radius 1 is 1.13 bits per heavy atom. The highest BCUT2D eigenvalue weighted by atomic mass is 16.5. The van der Waals surface area contributed by atoms with E-state index in [2.05, 4.69) is 25.2 Å². The number of allylic oxidation sites excluding steroid dienone is 1. The molecule has 1 aromatic rings. The molecule has 0 bridgehead atoms. The number of ether oxygens (including phenoxy) is 1. The molecule has 1 rings (SSSR count). The largest absolute Gasteiger partial charge is 0.463 e. The van der Waals surface area contributed by atoms with Gasteiger partial charge in [0.15, 0.2) is 5.78 Å². The van der Waals surface area contributed by atoms with Crippen LogP contribution in [0.4, 0.5) is 0 Å². The van der Waals surface area contributed by atoms with Crippen LogP contribution in [0, 0.1) is 5.41 Å². The molecule has 0 radical (unpaired) electrons. The average molecular weight is 316 g/mol. The molecular weight excluding hydrogens is 292 g/mol. The predicted octanol–water partition coefficient (Wildman–Crippen LogP) is 3.54. The minimum atomic E-state index is -0.864. The van der Waals surface area contributed by atoms with E-state index in [-0.39, 0.29) is 11.2 Å². The van der Waals surface area contributed by atoms with Gasteiger partial charge in [0.25, 0.3) is 5.78 Å². The van der Waals surface area contributed by atoms with E-state index >= 15 is 0 Å². The molecule has 0 amide bonds. The molecule has 4 heteroatoms. The average Bonchev–Trinajstić information content (AvgIpc) is 2.51. The maximum absolute atomic E-state index is 11.7. The summed E-state index contributed by atoms with van der Waals surface area (Å²) in [4.78, 5) is 34.6. The van der Waals surface area contributed by atoms with Crippen LogP contribution in [0.25, 0.3) is 0 Å². The van der Waals surface area contributed by atoms with E-state index in [1.165, 1.54) is 7.11 Å².